The number of aromatic nitrogens is 3. The molecule has 3 rings (SSSR count). The average molecular weight is 297 g/mol. The van der Waals surface area contributed by atoms with E-state index in [9.17, 15) is 4.79 Å². The SMILES string of the molecule is O=C(O)Cc1sc(-c2ccncc2)nc1-c1ccncc1. The predicted molar refractivity (Wildman–Crippen MR) is 79.9 cm³/mol. The number of carbonyl (C=O) groups is 1. The zero-order valence-electron chi connectivity index (χ0n) is 10.9. The molecule has 0 bridgehead atoms. The van der Waals surface area contributed by atoms with E-state index in [1.807, 2.05) is 24.3 Å². The van der Waals surface area contributed by atoms with Crippen molar-refractivity contribution in [2.75, 3.05) is 0 Å². The van der Waals surface area contributed by atoms with Gasteiger partial charge < -0.3 is 5.11 Å². The zero-order chi connectivity index (χ0) is 14.7. The maximum absolute atomic E-state index is 11.1. The van der Waals surface area contributed by atoms with Gasteiger partial charge in [-0.05, 0) is 24.3 Å². The number of nitrogens with zero attached hydrogens (tertiary/aromatic N) is 3. The normalized spacial score (nSPS) is 10.5. The summed E-state index contributed by atoms with van der Waals surface area (Å²) in [5, 5.41) is 9.87. The summed E-state index contributed by atoms with van der Waals surface area (Å²) in [4.78, 5) is 24.4. The molecule has 1 N–H and O–H groups in total. The van der Waals surface area contributed by atoms with Crippen LogP contribution in [-0.2, 0) is 11.2 Å². The van der Waals surface area contributed by atoms with E-state index in [1.165, 1.54) is 11.3 Å². The van der Waals surface area contributed by atoms with Gasteiger partial charge in [0.15, 0.2) is 0 Å². The molecule has 5 nitrogen and oxygen atoms in total. The molecule has 0 radical (unpaired) electrons. The summed E-state index contributed by atoms with van der Waals surface area (Å²) in [5.74, 6) is -0.866. The summed E-state index contributed by atoms with van der Waals surface area (Å²) in [6, 6.07) is 7.38. The molecule has 21 heavy (non-hydrogen) atoms. The summed E-state index contributed by atoms with van der Waals surface area (Å²) in [5.41, 5.74) is 2.51. The van der Waals surface area contributed by atoms with E-state index in [2.05, 4.69) is 15.0 Å². The Morgan fingerprint density at radius 2 is 1.57 bits per heavy atom. The number of thiazole rings is 1. The molecule has 3 heterocycles. The lowest BCUT2D eigenvalue weighted by Gasteiger charge is -1.99. The van der Waals surface area contributed by atoms with Gasteiger partial charge in [-0.1, -0.05) is 0 Å². The van der Waals surface area contributed by atoms with E-state index in [1.54, 1.807) is 24.8 Å². The Hall–Kier alpha value is -2.60. The second-order valence-corrected chi connectivity index (χ2v) is 5.42. The van der Waals surface area contributed by atoms with Crippen LogP contribution >= 0.6 is 11.3 Å². The van der Waals surface area contributed by atoms with Crippen LogP contribution in [0.5, 0.6) is 0 Å². The van der Waals surface area contributed by atoms with Gasteiger partial charge in [0.25, 0.3) is 0 Å². The highest BCUT2D eigenvalue weighted by molar-refractivity contribution is 7.15. The molecule has 3 aromatic rings. The van der Waals surface area contributed by atoms with E-state index >= 15 is 0 Å². The molecule has 3 aromatic heterocycles. The van der Waals surface area contributed by atoms with Crippen molar-refractivity contribution in [3.63, 3.8) is 0 Å². The van der Waals surface area contributed by atoms with Gasteiger partial charge in [0.05, 0.1) is 12.1 Å². The second kappa shape index (κ2) is 5.80. The van der Waals surface area contributed by atoms with Crippen LogP contribution in [0.2, 0.25) is 0 Å². The van der Waals surface area contributed by atoms with Crippen LogP contribution in [0.25, 0.3) is 21.8 Å². The number of hydrogen-bond donors (Lipinski definition) is 1. The standard InChI is InChI=1S/C15H11N3O2S/c19-13(20)9-12-14(10-1-5-16-6-2-10)18-15(21-12)11-3-7-17-8-4-11/h1-8H,9H2,(H,19,20). The summed E-state index contributed by atoms with van der Waals surface area (Å²) in [6.45, 7) is 0. The molecule has 104 valence electrons. The fourth-order valence-electron chi connectivity index (χ4n) is 1.96. The van der Waals surface area contributed by atoms with Crippen LogP contribution in [-0.4, -0.2) is 26.0 Å². The molecule has 0 aliphatic rings. The maximum Gasteiger partial charge on any atom is 0.308 e. The highest BCUT2D eigenvalue weighted by atomic mass is 32.1. The first-order valence-electron chi connectivity index (χ1n) is 6.26. The molecule has 0 saturated heterocycles. The summed E-state index contributed by atoms with van der Waals surface area (Å²) in [6.07, 6.45) is 6.69. The van der Waals surface area contributed by atoms with Crippen molar-refractivity contribution in [3.05, 3.63) is 53.9 Å². The van der Waals surface area contributed by atoms with Gasteiger partial charge in [-0.2, -0.15) is 0 Å². The average Bonchev–Trinajstić information content (AvgIpc) is 2.92. The number of hydrogen-bond acceptors (Lipinski definition) is 5. The molecule has 0 fully saturated rings. The third-order valence-electron chi connectivity index (χ3n) is 2.89. The summed E-state index contributed by atoms with van der Waals surface area (Å²) >= 11 is 1.40. The number of carboxylic acid groups (broad SMARTS) is 1. The van der Waals surface area contributed by atoms with Gasteiger partial charge >= 0.3 is 5.97 Å². The number of aliphatic carboxylic acids is 1. The van der Waals surface area contributed by atoms with Gasteiger partial charge in [-0.25, -0.2) is 4.98 Å². The van der Waals surface area contributed by atoms with Crippen molar-refractivity contribution in [2.45, 2.75) is 6.42 Å². The zero-order valence-corrected chi connectivity index (χ0v) is 11.7. The van der Waals surface area contributed by atoms with Crippen LogP contribution < -0.4 is 0 Å². The Morgan fingerprint density at radius 3 is 2.14 bits per heavy atom. The maximum atomic E-state index is 11.1. The predicted octanol–water partition coefficient (Wildman–Crippen LogP) is 2.89. The number of rotatable bonds is 4. The smallest absolute Gasteiger partial charge is 0.308 e. The minimum atomic E-state index is -0.866. The van der Waals surface area contributed by atoms with Crippen molar-refractivity contribution >= 4 is 17.3 Å². The summed E-state index contributed by atoms with van der Waals surface area (Å²) in [7, 11) is 0. The molecule has 0 atom stereocenters. The van der Waals surface area contributed by atoms with Gasteiger partial charge in [-0.3, -0.25) is 14.8 Å². The first kappa shape index (κ1) is 13.4. The van der Waals surface area contributed by atoms with Crippen molar-refractivity contribution in [3.8, 4) is 21.8 Å². The molecule has 0 unspecified atom stereocenters. The van der Waals surface area contributed by atoms with E-state index < -0.39 is 5.97 Å². The van der Waals surface area contributed by atoms with Gasteiger partial charge in [-0.15, -0.1) is 11.3 Å². The van der Waals surface area contributed by atoms with Gasteiger partial charge in [0, 0.05) is 40.8 Å². The third-order valence-corrected chi connectivity index (χ3v) is 3.99. The lowest BCUT2D eigenvalue weighted by Crippen LogP contribution is -1.99. The molecule has 0 aromatic carbocycles. The van der Waals surface area contributed by atoms with Crippen molar-refractivity contribution in [1.29, 1.82) is 0 Å². The largest absolute Gasteiger partial charge is 0.481 e. The highest BCUT2D eigenvalue weighted by Gasteiger charge is 2.16. The van der Waals surface area contributed by atoms with E-state index in [4.69, 9.17) is 5.11 Å². The molecular weight excluding hydrogens is 286 g/mol. The molecule has 6 heteroatoms. The van der Waals surface area contributed by atoms with E-state index in [0.29, 0.717) is 5.69 Å². The van der Waals surface area contributed by atoms with Gasteiger partial charge in [0.1, 0.15) is 5.01 Å². The molecule has 0 saturated carbocycles. The van der Waals surface area contributed by atoms with Crippen LogP contribution in [0.1, 0.15) is 4.88 Å². The molecular formula is C15H11N3O2S. The van der Waals surface area contributed by atoms with Crippen molar-refractivity contribution < 1.29 is 9.90 Å². The van der Waals surface area contributed by atoms with E-state index in [-0.39, 0.29) is 6.42 Å². The second-order valence-electron chi connectivity index (χ2n) is 4.33. The minimum Gasteiger partial charge on any atom is -0.481 e. The summed E-state index contributed by atoms with van der Waals surface area (Å²) < 4.78 is 0. The Morgan fingerprint density at radius 1 is 1.00 bits per heavy atom. The number of carboxylic acids is 1. The Kier molecular flexibility index (Phi) is 3.70. The monoisotopic (exact) mass is 297 g/mol. The quantitative estimate of drug-likeness (QED) is 0.801. The third kappa shape index (κ3) is 2.95. The molecule has 0 amide bonds. The van der Waals surface area contributed by atoms with Crippen LogP contribution in [0.3, 0.4) is 0 Å². The Labute approximate surface area is 125 Å². The first-order valence-corrected chi connectivity index (χ1v) is 7.08. The molecule has 0 aliphatic carbocycles. The van der Waals surface area contributed by atoms with Crippen molar-refractivity contribution in [2.24, 2.45) is 0 Å². The fourth-order valence-corrected chi connectivity index (χ4v) is 3.04. The first-order chi connectivity index (χ1) is 10.2. The van der Waals surface area contributed by atoms with Crippen molar-refractivity contribution in [1.82, 2.24) is 15.0 Å². The molecule has 0 spiro atoms. The van der Waals surface area contributed by atoms with Gasteiger partial charge in [0.2, 0.25) is 0 Å². The minimum absolute atomic E-state index is 0.0413. The van der Waals surface area contributed by atoms with Crippen LogP contribution in [0.4, 0.5) is 0 Å². The fraction of sp³-hybridized carbons (Fsp3) is 0.0667. The lowest BCUT2D eigenvalue weighted by atomic mass is 10.1. The van der Waals surface area contributed by atoms with E-state index in [0.717, 1.165) is 21.0 Å². The Balaban J connectivity index is 2.10. The Bertz CT molecular complexity index is 757. The highest BCUT2D eigenvalue weighted by Crippen LogP contribution is 2.33. The number of pyridine rings is 2. The lowest BCUT2D eigenvalue weighted by molar-refractivity contribution is -0.136. The topological polar surface area (TPSA) is 76.0 Å². The van der Waals surface area contributed by atoms with Crippen LogP contribution in [0.15, 0.2) is 49.1 Å². The van der Waals surface area contributed by atoms with Crippen LogP contribution in [0, 0.1) is 0 Å². The molecule has 0 aliphatic heterocycles.